The number of aromatic nitrogens is 1. The molecule has 0 radical (unpaired) electrons. The molecule has 0 aliphatic rings. The fourth-order valence-corrected chi connectivity index (χ4v) is 4.85. The molecule has 178 valence electrons. The van der Waals surface area contributed by atoms with Crippen LogP contribution in [0.15, 0.2) is 83.1 Å². The van der Waals surface area contributed by atoms with Crippen LogP contribution in [0.4, 0.5) is 10.8 Å². The van der Waals surface area contributed by atoms with Crippen LogP contribution in [0.3, 0.4) is 0 Å². The first kappa shape index (κ1) is 24.8. The third kappa shape index (κ3) is 6.63. The second-order valence-electron chi connectivity index (χ2n) is 7.50. The number of halogens is 1. The molecule has 35 heavy (non-hydrogen) atoms. The second kappa shape index (κ2) is 11.4. The summed E-state index contributed by atoms with van der Waals surface area (Å²) in [7, 11) is 1.56. The smallest absolute Gasteiger partial charge is 0.255 e. The van der Waals surface area contributed by atoms with Crippen molar-refractivity contribution in [2.75, 3.05) is 17.7 Å². The van der Waals surface area contributed by atoms with Gasteiger partial charge in [0.1, 0.15) is 5.75 Å². The van der Waals surface area contributed by atoms with Crippen molar-refractivity contribution in [3.8, 4) is 17.0 Å². The molecule has 0 spiro atoms. The van der Waals surface area contributed by atoms with Gasteiger partial charge in [-0.2, -0.15) is 0 Å². The van der Waals surface area contributed by atoms with Gasteiger partial charge in [0, 0.05) is 32.1 Å². The summed E-state index contributed by atoms with van der Waals surface area (Å²) in [5.74, 6) is 0.261. The van der Waals surface area contributed by atoms with Gasteiger partial charge in [0.25, 0.3) is 5.91 Å². The number of hydrogen-bond donors (Lipinski definition) is 2. The van der Waals surface area contributed by atoms with Gasteiger partial charge in [0.05, 0.1) is 18.1 Å². The monoisotopic (exact) mass is 523 g/mol. The number of carbonyl (C=O) groups is 2. The number of rotatable bonds is 8. The van der Waals surface area contributed by atoms with Gasteiger partial charge in [-0.25, -0.2) is 4.98 Å². The molecule has 0 saturated heterocycles. The summed E-state index contributed by atoms with van der Waals surface area (Å²) in [6.45, 7) is 1.84. The molecule has 0 saturated carbocycles. The molecule has 1 atom stereocenters. The predicted octanol–water partition coefficient (Wildman–Crippen LogP) is 6.84. The van der Waals surface area contributed by atoms with Crippen molar-refractivity contribution < 1.29 is 14.3 Å². The van der Waals surface area contributed by atoms with Crippen molar-refractivity contribution in [3.63, 3.8) is 0 Å². The van der Waals surface area contributed by atoms with Gasteiger partial charge < -0.3 is 15.4 Å². The molecule has 4 aromatic rings. The molecule has 0 aliphatic heterocycles. The van der Waals surface area contributed by atoms with Crippen LogP contribution in [0, 0.1) is 0 Å². The maximum absolute atomic E-state index is 12.7. The van der Waals surface area contributed by atoms with Gasteiger partial charge in [0.2, 0.25) is 5.91 Å². The van der Waals surface area contributed by atoms with E-state index in [9.17, 15) is 9.59 Å². The lowest BCUT2D eigenvalue weighted by molar-refractivity contribution is -0.115. The first-order chi connectivity index (χ1) is 16.9. The fourth-order valence-electron chi connectivity index (χ4n) is 3.13. The zero-order valence-electron chi connectivity index (χ0n) is 18.9. The molecule has 4 rings (SSSR count). The Morgan fingerprint density at radius 3 is 2.49 bits per heavy atom. The Bertz CT molecular complexity index is 1320. The van der Waals surface area contributed by atoms with E-state index < -0.39 is 0 Å². The van der Waals surface area contributed by atoms with Crippen LogP contribution < -0.4 is 15.4 Å². The second-order valence-corrected chi connectivity index (χ2v) is 10.2. The summed E-state index contributed by atoms with van der Waals surface area (Å²) in [6, 6.07) is 21.7. The third-order valence-corrected chi connectivity index (χ3v) is 7.12. The largest absolute Gasteiger partial charge is 0.497 e. The van der Waals surface area contributed by atoms with Gasteiger partial charge in [-0.1, -0.05) is 29.8 Å². The van der Waals surface area contributed by atoms with Crippen molar-refractivity contribution in [3.05, 3.63) is 88.8 Å². The van der Waals surface area contributed by atoms with E-state index in [1.54, 1.807) is 31.4 Å². The molecular formula is C26H22ClN3O3S2. The normalized spacial score (nSPS) is 11.5. The number of thiazole rings is 1. The quantitative estimate of drug-likeness (QED) is 0.247. The molecule has 0 fully saturated rings. The zero-order chi connectivity index (χ0) is 24.8. The van der Waals surface area contributed by atoms with Crippen molar-refractivity contribution in [2.45, 2.75) is 17.1 Å². The lowest BCUT2D eigenvalue weighted by atomic mass is 10.2. The Morgan fingerprint density at radius 2 is 1.77 bits per heavy atom. The third-order valence-electron chi connectivity index (χ3n) is 5.00. The molecule has 1 unspecified atom stereocenters. The Morgan fingerprint density at radius 1 is 1.03 bits per heavy atom. The van der Waals surface area contributed by atoms with Gasteiger partial charge in [-0.15, -0.1) is 23.1 Å². The van der Waals surface area contributed by atoms with E-state index in [-0.39, 0.29) is 17.1 Å². The SMILES string of the molecule is COc1cccc(C(=O)Nc2ccc(SC(C)C(=O)Nc3nc(-c4ccc(Cl)cc4)cs3)cc2)c1. The molecule has 6 nitrogen and oxygen atoms in total. The van der Waals surface area contributed by atoms with Gasteiger partial charge in [-0.05, 0) is 61.5 Å². The number of nitrogens with one attached hydrogen (secondary N) is 2. The molecule has 0 bridgehead atoms. The zero-order valence-corrected chi connectivity index (χ0v) is 21.3. The maximum atomic E-state index is 12.7. The summed E-state index contributed by atoms with van der Waals surface area (Å²) in [5.41, 5.74) is 2.90. The highest BCUT2D eigenvalue weighted by atomic mass is 35.5. The van der Waals surface area contributed by atoms with Crippen molar-refractivity contribution in [1.82, 2.24) is 4.98 Å². The van der Waals surface area contributed by atoms with E-state index in [1.807, 2.05) is 60.8 Å². The minimum atomic E-state index is -0.338. The summed E-state index contributed by atoms with van der Waals surface area (Å²) in [6.07, 6.45) is 0. The molecule has 9 heteroatoms. The molecule has 0 aliphatic carbocycles. The molecule has 1 aromatic heterocycles. The summed E-state index contributed by atoms with van der Waals surface area (Å²) in [4.78, 5) is 30.6. The van der Waals surface area contributed by atoms with Gasteiger partial charge >= 0.3 is 0 Å². The summed E-state index contributed by atoms with van der Waals surface area (Å²) >= 11 is 8.74. The standard InChI is InChI=1S/C26H22ClN3O3S2/c1-16(24(31)30-26-29-23(15-34-26)17-6-8-19(27)9-7-17)35-22-12-10-20(11-13-22)28-25(32)18-4-3-5-21(14-18)33-2/h3-16H,1-2H3,(H,28,32)(H,29,30,31). The number of anilines is 2. The molecule has 1 heterocycles. The first-order valence-corrected chi connectivity index (χ1v) is 12.8. The average molecular weight is 524 g/mol. The van der Waals surface area contributed by atoms with E-state index in [4.69, 9.17) is 16.3 Å². The fraction of sp³-hybridized carbons (Fsp3) is 0.115. The molecule has 3 aromatic carbocycles. The van der Waals surface area contributed by atoms with Crippen LogP contribution in [0.1, 0.15) is 17.3 Å². The van der Waals surface area contributed by atoms with E-state index in [0.717, 1.165) is 16.2 Å². The van der Waals surface area contributed by atoms with Gasteiger partial charge in [0.15, 0.2) is 5.13 Å². The number of methoxy groups -OCH3 is 1. The number of thioether (sulfide) groups is 1. The lowest BCUT2D eigenvalue weighted by Crippen LogP contribution is -2.22. The van der Waals surface area contributed by atoms with Crippen LogP contribution in [0.2, 0.25) is 5.02 Å². The predicted molar refractivity (Wildman–Crippen MR) is 144 cm³/mol. The van der Waals surface area contributed by atoms with E-state index in [0.29, 0.717) is 27.2 Å². The highest BCUT2D eigenvalue weighted by Gasteiger charge is 2.17. The molecule has 2 amide bonds. The Kier molecular flexibility index (Phi) is 8.07. The number of nitrogens with zero attached hydrogens (tertiary/aromatic N) is 1. The molecular weight excluding hydrogens is 502 g/mol. The highest BCUT2D eigenvalue weighted by molar-refractivity contribution is 8.00. The summed E-state index contributed by atoms with van der Waals surface area (Å²) in [5, 5.41) is 8.52. The highest BCUT2D eigenvalue weighted by Crippen LogP contribution is 2.29. The number of benzene rings is 3. The van der Waals surface area contributed by atoms with E-state index in [1.165, 1.54) is 23.1 Å². The summed E-state index contributed by atoms with van der Waals surface area (Å²) < 4.78 is 5.17. The Hall–Kier alpha value is -3.33. The first-order valence-electron chi connectivity index (χ1n) is 10.7. The van der Waals surface area contributed by atoms with Crippen LogP contribution in [-0.4, -0.2) is 29.2 Å². The van der Waals surface area contributed by atoms with Crippen LogP contribution in [-0.2, 0) is 4.79 Å². The lowest BCUT2D eigenvalue weighted by Gasteiger charge is -2.11. The Balaban J connectivity index is 1.31. The van der Waals surface area contributed by atoms with Crippen LogP contribution in [0.5, 0.6) is 5.75 Å². The van der Waals surface area contributed by atoms with Crippen LogP contribution >= 0.6 is 34.7 Å². The Labute approximate surface area is 216 Å². The topological polar surface area (TPSA) is 80.3 Å². The van der Waals surface area contributed by atoms with Crippen molar-refractivity contribution in [2.24, 2.45) is 0 Å². The minimum absolute atomic E-state index is 0.137. The number of hydrogen-bond acceptors (Lipinski definition) is 6. The van der Waals surface area contributed by atoms with Crippen molar-refractivity contribution in [1.29, 1.82) is 0 Å². The molecule has 2 N–H and O–H groups in total. The number of carbonyl (C=O) groups excluding carboxylic acids is 2. The number of ether oxygens (including phenoxy) is 1. The van der Waals surface area contributed by atoms with Gasteiger partial charge in [-0.3, -0.25) is 9.59 Å². The maximum Gasteiger partial charge on any atom is 0.255 e. The van der Waals surface area contributed by atoms with Crippen molar-refractivity contribution >= 4 is 57.3 Å². The minimum Gasteiger partial charge on any atom is -0.497 e. The van der Waals surface area contributed by atoms with Crippen LogP contribution in [0.25, 0.3) is 11.3 Å². The average Bonchev–Trinajstić information content (AvgIpc) is 3.34. The van der Waals surface area contributed by atoms with E-state index in [2.05, 4.69) is 15.6 Å². The number of amides is 2. The van der Waals surface area contributed by atoms with E-state index >= 15 is 0 Å².